The highest BCUT2D eigenvalue weighted by Crippen LogP contribution is 2.33. The zero-order valence-corrected chi connectivity index (χ0v) is 80.3. The van der Waals surface area contributed by atoms with Crippen LogP contribution in [0, 0.1) is 146 Å². The van der Waals surface area contributed by atoms with Crippen LogP contribution in [0.5, 0.6) is 0 Å². The third-order valence-electron chi connectivity index (χ3n) is 21.9. The quantitative estimate of drug-likeness (QED) is 0.138. The van der Waals surface area contributed by atoms with Gasteiger partial charge in [0.1, 0.15) is 17.3 Å². The minimum Gasteiger partial charge on any atom is -0.467 e. The molecule has 114 heavy (non-hydrogen) atoms. The fourth-order valence-corrected chi connectivity index (χ4v) is 16.4. The number of piperidine rings is 1. The normalized spacial score (nSPS) is 23.9. The lowest BCUT2D eigenvalue weighted by Gasteiger charge is -2.25. The second-order valence-corrected chi connectivity index (χ2v) is 38.7. The van der Waals surface area contributed by atoms with Gasteiger partial charge in [0.2, 0.25) is 0 Å². The number of benzene rings is 3. The number of pyridine rings is 1. The van der Waals surface area contributed by atoms with Gasteiger partial charge in [0.15, 0.2) is 0 Å². The van der Waals surface area contributed by atoms with Crippen molar-refractivity contribution in [2.75, 3.05) is 0 Å². The summed E-state index contributed by atoms with van der Waals surface area (Å²) in [5, 5.41) is 8.78. The molecule has 7 aliphatic rings. The van der Waals surface area contributed by atoms with Gasteiger partial charge in [0.05, 0.1) is 12.2 Å². The van der Waals surface area contributed by atoms with E-state index in [0.29, 0.717) is 12.2 Å². The molecular formula is C104H172N6O2S2. The Morgan fingerprint density at radius 3 is 0.947 bits per heavy atom. The van der Waals surface area contributed by atoms with Crippen molar-refractivity contribution in [3.05, 3.63) is 229 Å². The summed E-state index contributed by atoms with van der Waals surface area (Å²) in [5.74, 6) is 8.88. The number of rotatable bonds is 0. The van der Waals surface area contributed by atoms with Crippen molar-refractivity contribution in [2.45, 2.75) is 389 Å². The van der Waals surface area contributed by atoms with Crippen LogP contribution in [0.2, 0.25) is 0 Å². The molecule has 0 amide bonds. The molecule has 15 rings (SSSR count). The van der Waals surface area contributed by atoms with Gasteiger partial charge in [-0.3, -0.25) is 4.98 Å². The highest BCUT2D eigenvalue weighted by atomic mass is 32.2. The summed E-state index contributed by atoms with van der Waals surface area (Å²) in [6.45, 7) is 64.8. The summed E-state index contributed by atoms with van der Waals surface area (Å²) < 4.78 is 10.4. The molecule has 4 saturated heterocycles. The first-order valence-corrected chi connectivity index (χ1v) is 46.4. The average molecular weight is 1600 g/mol. The highest BCUT2D eigenvalue weighted by Gasteiger charge is 2.19. The van der Waals surface area contributed by atoms with Crippen molar-refractivity contribution < 1.29 is 9.15 Å². The summed E-state index contributed by atoms with van der Waals surface area (Å²) in [6, 6.07) is 48.6. The third-order valence-corrected chi connectivity index (χ3v) is 24.2. The molecule has 642 valence electrons. The molecule has 7 fully saturated rings. The average Bonchev–Trinajstić information content (AvgIpc) is 1.59. The summed E-state index contributed by atoms with van der Waals surface area (Å²) in [5.41, 5.74) is 13.7. The smallest absolute Gasteiger partial charge is 0.125 e. The number of thiophene rings is 1. The summed E-state index contributed by atoms with van der Waals surface area (Å²) in [7, 11) is 0. The van der Waals surface area contributed by atoms with Crippen LogP contribution >= 0.6 is 23.1 Å². The van der Waals surface area contributed by atoms with Gasteiger partial charge in [-0.1, -0.05) is 234 Å². The van der Waals surface area contributed by atoms with Crippen molar-refractivity contribution >= 4 is 23.1 Å². The van der Waals surface area contributed by atoms with E-state index in [-0.39, 0.29) is 0 Å². The lowest BCUT2D eigenvalue weighted by Crippen LogP contribution is -2.38. The van der Waals surface area contributed by atoms with Crippen LogP contribution in [0.3, 0.4) is 0 Å². The first-order chi connectivity index (χ1) is 53.8. The zero-order valence-electron chi connectivity index (χ0n) is 78.7. The molecule has 8 aromatic rings. The molecule has 10 heteroatoms. The van der Waals surface area contributed by atoms with Crippen LogP contribution in [0.4, 0.5) is 0 Å². The van der Waals surface area contributed by atoms with Crippen LogP contribution in [-0.4, -0.2) is 66.8 Å². The molecule has 3 saturated carbocycles. The number of thioether (sulfide) groups is 1. The third kappa shape index (κ3) is 59.9. The first kappa shape index (κ1) is 106. The van der Waals surface area contributed by atoms with Gasteiger partial charge in [-0.25, -0.2) is 9.97 Å². The summed E-state index contributed by atoms with van der Waals surface area (Å²) >= 11 is 3.96. The molecule has 0 radical (unpaired) electrons. The van der Waals surface area contributed by atoms with Crippen LogP contribution < -0.4 is 10.6 Å². The maximum absolute atomic E-state index is 5.36. The number of nitrogens with one attached hydrogen (secondary N) is 3. The molecule has 3 aliphatic carbocycles. The number of hydrogen-bond donors (Lipinski definition) is 3. The number of aryl methyl sites for hydroxylation is 16. The molecule has 12 atom stereocenters. The van der Waals surface area contributed by atoms with Crippen LogP contribution in [0.15, 0.2) is 144 Å². The van der Waals surface area contributed by atoms with Gasteiger partial charge in [-0.2, -0.15) is 11.8 Å². The van der Waals surface area contributed by atoms with E-state index in [0.717, 1.165) is 105 Å². The summed E-state index contributed by atoms with van der Waals surface area (Å²) in [4.78, 5) is 18.1. The van der Waals surface area contributed by atoms with Crippen molar-refractivity contribution in [1.29, 1.82) is 0 Å². The Morgan fingerprint density at radius 2 is 0.728 bits per heavy atom. The Kier molecular flexibility index (Phi) is 59.2. The van der Waals surface area contributed by atoms with Crippen LogP contribution in [-0.2, 0) is 4.74 Å². The number of aromatic nitrogens is 4. The van der Waals surface area contributed by atoms with E-state index in [1.165, 1.54) is 189 Å². The topological polar surface area (TPSA) is 101 Å². The fourth-order valence-electron chi connectivity index (χ4n) is 14.3. The summed E-state index contributed by atoms with van der Waals surface area (Å²) in [6.07, 6.45) is 32.7. The van der Waals surface area contributed by atoms with E-state index in [1.54, 1.807) is 6.20 Å². The molecule has 0 spiro atoms. The molecule has 9 heterocycles. The van der Waals surface area contributed by atoms with Gasteiger partial charge >= 0.3 is 0 Å². The van der Waals surface area contributed by atoms with E-state index in [1.807, 2.05) is 103 Å². The van der Waals surface area contributed by atoms with E-state index >= 15 is 0 Å². The number of ether oxygens (including phenoxy) is 1. The van der Waals surface area contributed by atoms with Crippen LogP contribution in [0.25, 0.3) is 0 Å². The van der Waals surface area contributed by atoms with Gasteiger partial charge in [0.25, 0.3) is 0 Å². The monoisotopic (exact) mass is 1600 g/mol. The molecule has 0 bridgehead atoms. The Morgan fingerprint density at radius 1 is 0.333 bits per heavy atom. The molecule has 3 aromatic carbocycles. The highest BCUT2D eigenvalue weighted by molar-refractivity contribution is 8.00. The van der Waals surface area contributed by atoms with Gasteiger partial charge in [-0.15, -0.1) is 11.3 Å². The standard InChI is InChI=1S/C8H16.C8H10.C8H16.C8H10.C8H16.C8H10.C7H15N.C7H9N.C6H8N2.C6H13N.C6H9N.C6H12O.C6H8O.C6H12S.C6H8S/c2*1-7-3-5-8(2)6-4-7;2*1-7-4-3-5-8(2)6-7;2*1-7-5-3-4-6-8(7)2;2*1-6-4-3-5-7(2)8-6;1-5-3-4-7-6(2)8-5;6*1-5-3-4-6(2)7-5/h7-8H,3-6H2,1-2H3;3-6H,1-2H3;7-8H,3-6H2,1-2H3;3-6H,1-2H3;7-8H,3-6H2,1-2H3;3-6H,1-2H3;6-8H,3-5H2,1-2H3;3-5H,1-2H3;3-4H,1-2H3;5-7H,3-4H2,1-2H3;3-4,7H,1-2H3;5-6H,3-4H2,1-2H3;3-4H,1-2H3;5-6H,3-4H2,1-2H3;3-4H,1-2H3. The maximum atomic E-state index is 5.36. The van der Waals surface area contributed by atoms with Crippen molar-refractivity contribution in [2.24, 2.45) is 35.5 Å². The second-order valence-electron chi connectivity index (χ2n) is 35.3. The minimum absolute atomic E-state index is 0.523. The zero-order chi connectivity index (χ0) is 85.5. The molecule has 8 nitrogen and oxygen atoms in total. The minimum atomic E-state index is 0.523. The predicted molar refractivity (Wildman–Crippen MR) is 508 cm³/mol. The lowest BCUT2D eigenvalue weighted by atomic mass is 9.82. The molecular weight excluding hydrogens is 1430 g/mol. The van der Waals surface area contributed by atoms with Crippen molar-refractivity contribution in [3.63, 3.8) is 0 Å². The number of furan rings is 1. The van der Waals surface area contributed by atoms with Crippen molar-refractivity contribution in [1.82, 2.24) is 30.6 Å². The van der Waals surface area contributed by atoms with Gasteiger partial charge in [0, 0.05) is 79.1 Å². The Bertz CT molecular complexity index is 3120. The molecule has 12 unspecified atom stereocenters. The first-order valence-electron chi connectivity index (χ1n) is 44.6. The van der Waals surface area contributed by atoms with E-state index in [4.69, 9.17) is 9.15 Å². The Hall–Kier alpha value is -5.62. The molecule has 4 aliphatic heterocycles. The number of H-pyrrole nitrogens is 1. The van der Waals surface area contributed by atoms with Crippen LogP contribution in [0.1, 0.15) is 321 Å². The fraction of sp³-hybridized carbons (Fsp3) is 0.625. The van der Waals surface area contributed by atoms with E-state index in [2.05, 4.69) is 292 Å². The van der Waals surface area contributed by atoms with Crippen molar-refractivity contribution in [3.8, 4) is 0 Å². The number of aromatic amines is 1. The van der Waals surface area contributed by atoms with E-state index in [9.17, 15) is 0 Å². The molecule has 3 N–H and O–H groups in total. The largest absolute Gasteiger partial charge is 0.467 e. The Balaban J connectivity index is 0.000000611. The van der Waals surface area contributed by atoms with Gasteiger partial charge in [-0.05, 0) is 311 Å². The lowest BCUT2D eigenvalue weighted by molar-refractivity contribution is 0.0672. The maximum Gasteiger partial charge on any atom is 0.125 e. The van der Waals surface area contributed by atoms with Gasteiger partial charge < -0.3 is 24.8 Å². The van der Waals surface area contributed by atoms with E-state index < -0.39 is 0 Å². The number of nitrogens with zero attached hydrogens (tertiary/aromatic N) is 3. The molecule has 5 aromatic heterocycles. The Labute approximate surface area is 711 Å². The number of hydrogen-bond acceptors (Lipinski definition) is 9. The second kappa shape index (κ2) is 63.5. The predicted octanol–water partition coefficient (Wildman–Crippen LogP) is 30.6. The SMILES string of the molecule is CC1CCC(C)CC1.CC1CCC(C)N1.CC1CCC(C)O1.CC1CCC(C)S1.CC1CCCC(C)C1.CC1CCCC(C)N1.CC1CCCCC1C.Cc1ccc(C)[nH]1.Cc1ccc(C)cc1.Cc1ccc(C)o1.Cc1ccc(C)s1.Cc1cccc(C)c1.Cc1cccc(C)n1.Cc1ccccc1C.Cc1ccnc(C)n1.